The quantitative estimate of drug-likeness (QED) is 0.509. The van der Waals surface area contributed by atoms with Gasteiger partial charge in [0, 0.05) is 19.7 Å². The molecule has 2 aromatic carbocycles. The van der Waals surface area contributed by atoms with Crippen LogP contribution in [-0.4, -0.2) is 38.2 Å². The second-order valence-electron chi connectivity index (χ2n) is 7.17. The lowest BCUT2D eigenvalue weighted by Crippen LogP contribution is -2.24. The van der Waals surface area contributed by atoms with E-state index in [4.69, 9.17) is 9.47 Å². The van der Waals surface area contributed by atoms with Gasteiger partial charge in [0.1, 0.15) is 5.75 Å². The van der Waals surface area contributed by atoms with Gasteiger partial charge in [0.15, 0.2) is 11.5 Å². The molecule has 0 radical (unpaired) electrons. The van der Waals surface area contributed by atoms with E-state index >= 15 is 0 Å². The molecule has 0 aliphatic rings. The topological polar surface area (TPSA) is 48.0 Å². The lowest BCUT2D eigenvalue weighted by Gasteiger charge is -2.16. The van der Waals surface area contributed by atoms with E-state index in [2.05, 4.69) is 18.6 Å². The monoisotopic (exact) mass is 419 g/mol. The van der Waals surface area contributed by atoms with Crippen molar-refractivity contribution in [2.24, 2.45) is 5.92 Å². The van der Waals surface area contributed by atoms with Gasteiger partial charge in [0.25, 0.3) is 0 Å². The molecule has 5 nitrogen and oxygen atoms in total. The molecule has 0 saturated heterocycles. The average molecular weight is 419 g/mol. The number of carbonyl (C=O) groups is 1. The van der Waals surface area contributed by atoms with E-state index < -0.39 is 6.61 Å². The van der Waals surface area contributed by atoms with Gasteiger partial charge in [0.05, 0.1) is 13.7 Å². The molecule has 2 aromatic rings. The molecule has 7 heteroatoms. The van der Waals surface area contributed by atoms with Crippen molar-refractivity contribution in [3.8, 4) is 17.2 Å². The molecule has 0 saturated carbocycles. The largest absolute Gasteiger partial charge is 0.493 e. The highest BCUT2D eigenvalue weighted by Crippen LogP contribution is 2.29. The Morgan fingerprint density at radius 1 is 1.10 bits per heavy atom. The summed E-state index contributed by atoms with van der Waals surface area (Å²) in [4.78, 5) is 13.9. The van der Waals surface area contributed by atoms with Gasteiger partial charge in [-0.25, -0.2) is 0 Å². The Labute approximate surface area is 175 Å². The number of likely N-dealkylation sites (N-methyl/N-ethyl adjacent to an activating group) is 1. The zero-order chi connectivity index (χ0) is 22.1. The van der Waals surface area contributed by atoms with Crippen molar-refractivity contribution in [3.63, 3.8) is 0 Å². The number of carbonyl (C=O) groups excluding carboxylic acids is 1. The van der Waals surface area contributed by atoms with E-state index in [0.29, 0.717) is 30.6 Å². The second kappa shape index (κ2) is 11.2. The number of alkyl halides is 2. The molecular weight excluding hydrogens is 392 g/mol. The van der Waals surface area contributed by atoms with Crippen molar-refractivity contribution >= 4 is 12.0 Å². The first-order chi connectivity index (χ1) is 14.3. The summed E-state index contributed by atoms with van der Waals surface area (Å²) in [5, 5.41) is 0. The standard InChI is InChI=1S/C23H27F2NO4/c1-16(2)15-29-20-11-7-17(13-21(20)28-4)8-12-22(27)26(3)14-18-5-9-19(10-6-18)30-23(24)25/h5-13,16,23H,14-15H2,1-4H3/b12-8+. The SMILES string of the molecule is COc1cc(/C=C/C(=O)N(C)Cc2ccc(OC(F)F)cc2)ccc1OCC(C)C. The first kappa shape index (κ1) is 23.2. The van der Waals surface area contributed by atoms with Crippen LogP contribution in [0.25, 0.3) is 6.08 Å². The number of rotatable bonds is 10. The second-order valence-corrected chi connectivity index (χ2v) is 7.17. The van der Waals surface area contributed by atoms with E-state index in [9.17, 15) is 13.6 Å². The molecule has 30 heavy (non-hydrogen) atoms. The van der Waals surface area contributed by atoms with Crippen LogP contribution in [0.1, 0.15) is 25.0 Å². The van der Waals surface area contributed by atoms with Crippen molar-refractivity contribution < 1.29 is 27.8 Å². The molecule has 162 valence electrons. The first-order valence-corrected chi connectivity index (χ1v) is 9.56. The summed E-state index contributed by atoms with van der Waals surface area (Å²) in [5.74, 6) is 1.55. The Bertz CT molecular complexity index is 851. The van der Waals surface area contributed by atoms with Crippen LogP contribution in [0.5, 0.6) is 17.2 Å². The number of nitrogens with zero attached hydrogens (tertiary/aromatic N) is 1. The molecule has 0 aliphatic carbocycles. The maximum atomic E-state index is 12.4. The summed E-state index contributed by atoms with van der Waals surface area (Å²) in [6.45, 7) is 2.20. The average Bonchev–Trinajstić information content (AvgIpc) is 2.71. The molecule has 0 aromatic heterocycles. The van der Waals surface area contributed by atoms with E-state index in [1.807, 2.05) is 12.1 Å². The summed E-state index contributed by atoms with van der Waals surface area (Å²) >= 11 is 0. The Hall–Kier alpha value is -3.09. The minimum absolute atomic E-state index is 0.0809. The third-order valence-corrected chi connectivity index (χ3v) is 4.12. The normalized spacial score (nSPS) is 11.2. The van der Waals surface area contributed by atoms with E-state index in [-0.39, 0.29) is 11.7 Å². The van der Waals surface area contributed by atoms with Gasteiger partial charge in [-0.15, -0.1) is 0 Å². The van der Waals surface area contributed by atoms with E-state index in [1.165, 1.54) is 23.1 Å². The highest BCUT2D eigenvalue weighted by Gasteiger charge is 2.09. The van der Waals surface area contributed by atoms with Crippen LogP contribution >= 0.6 is 0 Å². The van der Waals surface area contributed by atoms with Crippen LogP contribution in [0.3, 0.4) is 0 Å². The number of hydrogen-bond acceptors (Lipinski definition) is 4. The molecule has 0 spiro atoms. The van der Waals surface area contributed by atoms with Crippen molar-refractivity contribution in [2.45, 2.75) is 27.0 Å². The summed E-state index contributed by atoms with van der Waals surface area (Å²) in [5.41, 5.74) is 1.60. The molecule has 0 atom stereocenters. The van der Waals surface area contributed by atoms with Gasteiger partial charge in [-0.1, -0.05) is 32.0 Å². The minimum Gasteiger partial charge on any atom is -0.493 e. The highest BCUT2D eigenvalue weighted by atomic mass is 19.3. The summed E-state index contributed by atoms with van der Waals surface area (Å²) in [7, 11) is 3.24. The molecule has 0 N–H and O–H groups in total. The fourth-order valence-electron chi connectivity index (χ4n) is 2.59. The molecule has 0 unspecified atom stereocenters. The molecular formula is C23H27F2NO4. The third-order valence-electron chi connectivity index (χ3n) is 4.12. The van der Waals surface area contributed by atoms with E-state index in [1.54, 1.807) is 38.4 Å². The van der Waals surface area contributed by atoms with Crippen molar-refractivity contribution in [3.05, 3.63) is 59.7 Å². The number of benzene rings is 2. The zero-order valence-corrected chi connectivity index (χ0v) is 17.6. The zero-order valence-electron chi connectivity index (χ0n) is 17.6. The van der Waals surface area contributed by atoms with Crippen LogP contribution in [-0.2, 0) is 11.3 Å². The summed E-state index contributed by atoms with van der Waals surface area (Å²) < 4.78 is 39.8. The van der Waals surface area contributed by atoms with E-state index in [0.717, 1.165) is 11.1 Å². The fourth-order valence-corrected chi connectivity index (χ4v) is 2.59. The Balaban J connectivity index is 1.97. The number of halogens is 2. The molecule has 2 rings (SSSR count). The van der Waals surface area contributed by atoms with Gasteiger partial charge in [-0.3, -0.25) is 4.79 Å². The van der Waals surface area contributed by atoms with Crippen LogP contribution in [0.15, 0.2) is 48.5 Å². The van der Waals surface area contributed by atoms with Crippen LogP contribution in [0, 0.1) is 5.92 Å². The minimum atomic E-state index is -2.86. The molecule has 0 heterocycles. The number of methoxy groups -OCH3 is 1. The molecule has 1 amide bonds. The Morgan fingerprint density at radius 2 is 1.80 bits per heavy atom. The lowest BCUT2D eigenvalue weighted by molar-refractivity contribution is -0.125. The number of amides is 1. The predicted molar refractivity (Wildman–Crippen MR) is 112 cm³/mol. The molecule has 0 aliphatic heterocycles. The van der Waals surface area contributed by atoms with Crippen molar-refractivity contribution in [1.82, 2.24) is 4.90 Å². The Kier molecular flexibility index (Phi) is 8.65. The van der Waals surface area contributed by atoms with Gasteiger partial charge in [0.2, 0.25) is 5.91 Å². The van der Waals surface area contributed by atoms with Crippen LogP contribution in [0.4, 0.5) is 8.78 Å². The maximum Gasteiger partial charge on any atom is 0.387 e. The summed E-state index contributed by atoms with van der Waals surface area (Å²) in [6, 6.07) is 11.7. The van der Waals surface area contributed by atoms with Gasteiger partial charge < -0.3 is 19.1 Å². The Morgan fingerprint density at radius 3 is 2.40 bits per heavy atom. The smallest absolute Gasteiger partial charge is 0.387 e. The first-order valence-electron chi connectivity index (χ1n) is 9.56. The lowest BCUT2D eigenvalue weighted by atomic mass is 10.1. The van der Waals surface area contributed by atoms with Gasteiger partial charge in [-0.2, -0.15) is 8.78 Å². The van der Waals surface area contributed by atoms with Crippen molar-refractivity contribution in [1.29, 1.82) is 0 Å². The fraction of sp³-hybridized carbons (Fsp3) is 0.348. The molecule has 0 bridgehead atoms. The maximum absolute atomic E-state index is 12.4. The van der Waals surface area contributed by atoms with Crippen molar-refractivity contribution in [2.75, 3.05) is 20.8 Å². The summed E-state index contributed by atoms with van der Waals surface area (Å²) in [6.07, 6.45) is 3.17. The predicted octanol–water partition coefficient (Wildman–Crippen LogP) is 5.00. The third kappa shape index (κ3) is 7.39. The number of hydrogen-bond donors (Lipinski definition) is 0. The van der Waals surface area contributed by atoms with Gasteiger partial charge in [-0.05, 0) is 47.4 Å². The molecule has 0 fully saturated rings. The van der Waals surface area contributed by atoms with Crippen LogP contribution in [0.2, 0.25) is 0 Å². The van der Waals surface area contributed by atoms with Crippen LogP contribution < -0.4 is 14.2 Å². The number of ether oxygens (including phenoxy) is 3. The van der Waals surface area contributed by atoms with Gasteiger partial charge >= 0.3 is 6.61 Å². The highest BCUT2D eigenvalue weighted by molar-refractivity contribution is 5.91.